The van der Waals surface area contributed by atoms with Crippen LogP contribution in [0.15, 0.2) is 24.3 Å². The highest BCUT2D eigenvalue weighted by molar-refractivity contribution is 5.96. The van der Waals surface area contributed by atoms with Gasteiger partial charge in [0.05, 0.1) is 0 Å². The second-order valence-corrected chi connectivity index (χ2v) is 5.99. The van der Waals surface area contributed by atoms with Crippen LogP contribution in [0.2, 0.25) is 0 Å². The molecule has 1 aliphatic heterocycles. The Bertz CT molecular complexity index is 549. The zero-order valence-electron chi connectivity index (χ0n) is 13.1. The van der Waals surface area contributed by atoms with Crippen molar-refractivity contribution in [1.82, 2.24) is 5.32 Å². The number of carboxylic acids is 1. The maximum absolute atomic E-state index is 12.0. The second-order valence-electron chi connectivity index (χ2n) is 5.99. The first-order valence-electron chi connectivity index (χ1n) is 7.61. The quantitative estimate of drug-likeness (QED) is 0.815. The molecule has 2 N–H and O–H groups in total. The van der Waals surface area contributed by atoms with Crippen molar-refractivity contribution in [2.75, 3.05) is 19.8 Å². The van der Waals surface area contributed by atoms with Crippen LogP contribution >= 0.6 is 0 Å². The highest BCUT2D eigenvalue weighted by Gasteiger charge is 2.36. The monoisotopic (exact) mass is 305 g/mol. The van der Waals surface area contributed by atoms with Crippen LogP contribution in [0.3, 0.4) is 0 Å². The molecule has 1 fully saturated rings. The third-order valence-electron chi connectivity index (χ3n) is 4.53. The lowest BCUT2D eigenvalue weighted by Gasteiger charge is -2.39. The molecule has 0 spiro atoms. The number of carbonyl (C=O) groups is 2. The average molecular weight is 305 g/mol. The number of hydrogen-bond donors (Lipinski definition) is 2. The highest BCUT2D eigenvalue weighted by Crippen LogP contribution is 2.36. The molecule has 22 heavy (non-hydrogen) atoms. The van der Waals surface area contributed by atoms with Gasteiger partial charge in [-0.15, -0.1) is 0 Å². The van der Waals surface area contributed by atoms with E-state index in [-0.39, 0.29) is 5.41 Å². The summed E-state index contributed by atoms with van der Waals surface area (Å²) >= 11 is 0. The van der Waals surface area contributed by atoms with Gasteiger partial charge in [-0.25, -0.2) is 0 Å². The lowest BCUT2D eigenvalue weighted by Crippen LogP contribution is -2.46. The van der Waals surface area contributed by atoms with Crippen molar-refractivity contribution < 1.29 is 19.4 Å². The Labute approximate surface area is 130 Å². The normalized spacial score (nSPS) is 18.5. The van der Waals surface area contributed by atoms with Gasteiger partial charge in [-0.05, 0) is 37.8 Å². The van der Waals surface area contributed by atoms with Gasteiger partial charge < -0.3 is 15.2 Å². The lowest BCUT2D eigenvalue weighted by molar-refractivity contribution is -0.146. The minimum Gasteiger partial charge on any atom is -0.481 e. The number of hydrogen-bond acceptors (Lipinski definition) is 3. The van der Waals surface area contributed by atoms with Crippen molar-refractivity contribution in [3.8, 4) is 0 Å². The maximum Gasteiger partial charge on any atom is 0.315 e. The van der Waals surface area contributed by atoms with Gasteiger partial charge >= 0.3 is 5.97 Å². The smallest absolute Gasteiger partial charge is 0.315 e. The Hall–Kier alpha value is -1.88. The summed E-state index contributed by atoms with van der Waals surface area (Å²) in [5.74, 6) is -2.57. The molecule has 1 atom stereocenters. The molecule has 0 saturated carbocycles. The van der Waals surface area contributed by atoms with Gasteiger partial charge in [0.1, 0.15) is 5.92 Å². The number of carbonyl (C=O) groups excluding carboxylic acids is 1. The fourth-order valence-electron chi connectivity index (χ4n) is 2.99. The first-order valence-corrected chi connectivity index (χ1v) is 7.61. The number of amides is 1. The van der Waals surface area contributed by atoms with Crippen molar-refractivity contribution in [1.29, 1.82) is 0 Å². The Morgan fingerprint density at radius 1 is 1.32 bits per heavy atom. The van der Waals surface area contributed by atoms with Crippen LogP contribution in [0, 0.1) is 12.8 Å². The number of rotatable bonds is 5. The number of benzene rings is 1. The Kier molecular flexibility index (Phi) is 5.19. The molecule has 5 heteroatoms. The molecule has 1 saturated heterocycles. The van der Waals surface area contributed by atoms with E-state index in [2.05, 4.69) is 24.4 Å². The van der Waals surface area contributed by atoms with E-state index < -0.39 is 17.8 Å². The van der Waals surface area contributed by atoms with Gasteiger partial charge in [-0.3, -0.25) is 9.59 Å². The third kappa shape index (κ3) is 3.47. The topological polar surface area (TPSA) is 75.6 Å². The average Bonchev–Trinajstić information content (AvgIpc) is 2.53. The van der Waals surface area contributed by atoms with Crippen LogP contribution in [0.4, 0.5) is 0 Å². The Morgan fingerprint density at radius 2 is 1.95 bits per heavy atom. The zero-order chi connectivity index (χ0) is 16.2. The van der Waals surface area contributed by atoms with Gasteiger partial charge in [0.2, 0.25) is 5.91 Å². The molecule has 0 radical (unpaired) electrons. The van der Waals surface area contributed by atoms with Gasteiger partial charge in [-0.1, -0.05) is 24.3 Å². The van der Waals surface area contributed by atoms with E-state index in [4.69, 9.17) is 9.84 Å². The molecule has 120 valence electrons. The minimum absolute atomic E-state index is 0.183. The van der Waals surface area contributed by atoms with Crippen LogP contribution in [0.5, 0.6) is 0 Å². The first kappa shape index (κ1) is 16.5. The predicted octanol–water partition coefficient (Wildman–Crippen LogP) is 1.88. The van der Waals surface area contributed by atoms with Crippen molar-refractivity contribution in [3.63, 3.8) is 0 Å². The molecule has 0 bridgehead atoms. The fraction of sp³-hybridized carbons (Fsp3) is 0.529. The molecule has 1 aromatic rings. The first-order chi connectivity index (χ1) is 10.5. The van der Waals surface area contributed by atoms with E-state index in [1.165, 1.54) is 18.1 Å². The number of ether oxygens (including phenoxy) is 1. The van der Waals surface area contributed by atoms with E-state index in [1.807, 2.05) is 12.1 Å². The lowest BCUT2D eigenvalue weighted by atomic mass is 9.72. The van der Waals surface area contributed by atoms with E-state index in [1.54, 1.807) is 0 Å². The van der Waals surface area contributed by atoms with Crippen LogP contribution < -0.4 is 5.32 Å². The van der Waals surface area contributed by atoms with E-state index in [0.717, 1.165) is 12.8 Å². The van der Waals surface area contributed by atoms with Gasteiger partial charge in [0.15, 0.2) is 0 Å². The molecular weight excluding hydrogens is 282 g/mol. The Morgan fingerprint density at radius 3 is 2.55 bits per heavy atom. The summed E-state index contributed by atoms with van der Waals surface area (Å²) in [6, 6.07) is 8.15. The van der Waals surface area contributed by atoms with Gasteiger partial charge in [0, 0.05) is 25.2 Å². The van der Waals surface area contributed by atoms with Gasteiger partial charge in [0.25, 0.3) is 0 Å². The summed E-state index contributed by atoms with van der Waals surface area (Å²) in [5.41, 5.74) is 2.21. The minimum atomic E-state index is -1.10. The summed E-state index contributed by atoms with van der Waals surface area (Å²) in [6.07, 6.45) is 1.64. The van der Waals surface area contributed by atoms with Crippen LogP contribution in [-0.4, -0.2) is 36.7 Å². The van der Waals surface area contributed by atoms with Crippen LogP contribution in [0.25, 0.3) is 0 Å². The number of carboxylic acid groups (broad SMARTS) is 1. The molecule has 0 aromatic heterocycles. The molecule has 0 aliphatic carbocycles. The van der Waals surface area contributed by atoms with Gasteiger partial charge in [-0.2, -0.15) is 0 Å². The molecular formula is C17H23NO4. The highest BCUT2D eigenvalue weighted by atomic mass is 16.5. The molecule has 2 rings (SSSR count). The molecule has 1 aromatic carbocycles. The van der Waals surface area contributed by atoms with Crippen molar-refractivity contribution in [3.05, 3.63) is 35.4 Å². The van der Waals surface area contributed by atoms with Crippen molar-refractivity contribution in [2.45, 2.75) is 32.1 Å². The molecule has 1 unspecified atom stereocenters. The zero-order valence-corrected chi connectivity index (χ0v) is 13.1. The summed E-state index contributed by atoms with van der Waals surface area (Å²) in [4.78, 5) is 22.9. The standard InChI is InChI=1S/C17H23NO4/c1-12-5-3-4-6-14(12)17(7-9-22-10-8-17)11-18-15(19)13(2)16(20)21/h3-6,13H,7-11H2,1-2H3,(H,18,19)(H,20,21). The van der Waals surface area contributed by atoms with E-state index in [9.17, 15) is 9.59 Å². The number of aryl methyl sites for hydroxylation is 1. The number of aliphatic carboxylic acids is 1. The van der Waals surface area contributed by atoms with Crippen molar-refractivity contribution >= 4 is 11.9 Å². The fourth-order valence-corrected chi connectivity index (χ4v) is 2.99. The van der Waals surface area contributed by atoms with Crippen molar-refractivity contribution in [2.24, 2.45) is 5.92 Å². The largest absolute Gasteiger partial charge is 0.481 e. The molecule has 5 nitrogen and oxygen atoms in total. The van der Waals surface area contributed by atoms with E-state index in [0.29, 0.717) is 19.8 Å². The summed E-state index contributed by atoms with van der Waals surface area (Å²) in [6.45, 7) is 5.21. The maximum atomic E-state index is 12.0. The second kappa shape index (κ2) is 6.92. The van der Waals surface area contributed by atoms with Crippen LogP contribution in [-0.2, 0) is 19.7 Å². The summed E-state index contributed by atoms with van der Waals surface area (Å²) < 4.78 is 5.47. The SMILES string of the molecule is Cc1ccccc1C1(CNC(=O)C(C)C(=O)O)CCOCC1. The summed E-state index contributed by atoms with van der Waals surface area (Å²) in [5, 5.41) is 11.8. The Balaban J connectivity index is 2.19. The molecule has 1 aliphatic rings. The predicted molar refractivity (Wildman–Crippen MR) is 82.7 cm³/mol. The third-order valence-corrected chi connectivity index (χ3v) is 4.53. The number of nitrogens with one attached hydrogen (secondary N) is 1. The van der Waals surface area contributed by atoms with E-state index >= 15 is 0 Å². The summed E-state index contributed by atoms with van der Waals surface area (Å²) in [7, 11) is 0. The van der Waals surface area contributed by atoms with Crippen LogP contribution in [0.1, 0.15) is 30.9 Å². The molecule has 1 amide bonds. The molecule has 1 heterocycles.